The van der Waals surface area contributed by atoms with Crippen LogP contribution in [0.2, 0.25) is 0 Å². The summed E-state index contributed by atoms with van der Waals surface area (Å²) in [4.78, 5) is 23.0. The fourth-order valence-corrected chi connectivity index (χ4v) is 4.84. The Labute approximate surface area is 194 Å². The molecule has 0 unspecified atom stereocenters. The summed E-state index contributed by atoms with van der Waals surface area (Å²) >= 11 is 0. The molecule has 0 saturated carbocycles. The van der Waals surface area contributed by atoms with Gasteiger partial charge in [-0.25, -0.2) is 13.4 Å². The van der Waals surface area contributed by atoms with Crippen molar-refractivity contribution < 1.29 is 13.2 Å². The van der Waals surface area contributed by atoms with Crippen LogP contribution >= 0.6 is 0 Å². The van der Waals surface area contributed by atoms with Gasteiger partial charge < -0.3 is 10.2 Å². The van der Waals surface area contributed by atoms with E-state index in [1.807, 2.05) is 13.0 Å². The van der Waals surface area contributed by atoms with Gasteiger partial charge in [0.25, 0.3) is 10.0 Å². The predicted octanol–water partition coefficient (Wildman–Crippen LogP) is 4.52. The number of anilines is 4. The Kier molecular flexibility index (Phi) is 6.60. The van der Waals surface area contributed by atoms with E-state index in [2.05, 4.69) is 24.9 Å². The molecule has 0 aliphatic carbocycles. The van der Waals surface area contributed by atoms with Crippen LogP contribution in [0.3, 0.4) is 0 Å². The molecule has 1 fully saturated rings. The lowest BCUT2D eigenvalue weighted by Crippen LogP contribution is -2.30. The van der Waals surface area contributed by atoms with Crippen LogP contribution in [0.4, 0.5) is 23.1 Å². The van der Waals surface area contributed by atoms with E-state index in [0.29, 0.717) is 17.2 Å². The van der Waals surface area contributed by atoms with Crippen LogP contribution in [0, 0.1) is 6.92 Å². The van der Waals surface area contributed by atoms with E-state index in [4.69, 9.17) is 0 Å². The Hall–Kier alpha value is -3.46. The van der Waals surface area contributed by atoms with E-state index in [0.717, 1.165) is 30.3 Å². The van der Waals surface area contributed by atoms with Crippen LogP contribution in [0.1, 0.15) is 42.2 Å². The summed E-state index contributed by atoms with van der Waals surface area (Å²) in [5, 5.41) is 3.20. The molecule has 1 saturated heterocycles. The fourth-order valence-electron chi connectivity index (χ4n) is 3.74. The number of nitrogens with one attached hydrogen (secondary N) is 2. The number of carbonyl (C=O) groups excluding carboxylic acids is 1. The van der Waals surface area contributed by atoms with Crippen LogP contribution in [0.25, 0.3) is 0 Å². The van der Waals surface area contributed by atoms with Gasteiger partial charge in [0.2, 0.25) is 5.95 Å². The molecule has 0 spiro atoms. The van der Waals surface area contributed by atoms with Crippen LogP contribution in [-0.4, -0.2) is 37.3 Å². The predicted molar refractivity (Wildman–Crippen MR) is 130 cm³/mol. The highest BCUT2D eigenvalue weighted by molar-refractivity contribution is 7.92. The minimum Gasteiger partial charge on any atom is -0.356 e. The number of sulfonamides is 1. The summed E-state index contributed by atoms with van der Waals surface area (Å²) in [5.41, 5.74) is 2.38. The van der Waals surface area contributed by atoms with Crippen molar-refractivity contribution in [3.63, 3.8) is 0 Å². The zero-order valence-electron chi connectivity index (χ0n) is 18.7. The van der Waals surface area contributed by atoms with Gasteiger partial charge in [0.15, 0.2) is 5.78 Å². The normalized spacial score (nSPS) is 14.1. The number of ketones is 1. The number of aryl methyl sites for hydroxylation is 1. The van der Waals surface area contributed by atoms with Gasteiger partial charge in [-0.3, -0.25) is 9.52 Å². The molecule has 2 aromatic carbocycles. The van der Waals surface area contributed by atoms with Crippen molar-refractivity contribution in [2.75, 3.05) is 28.0 Å². The van der Waals surface area contributed by atoms with Gasteiger partial charge in [0, 0.05) is 41.8 Å². The zero-order valence-corrected chi connectivity index (χ0v) is 19.5. The molecule has 1 aliphatic rings. The standard InChI is InChI=1S/C24H27N5O3S/c1-17-15-23(29-13-4-3-5-14-29)27-24(25-17)26-20-9-11-21(12-10-20)28-33(31,32)22-8-6-7-19(16-22)18(2)30/h6-12,15-16,28H,3-5,13-14H2,1-2H3,(H,25,26,27). The van der Waals surface area contributed by atoms with Crippen molar-refractivity contribution in [2.24, 2.45) is 0 Å². The third-order valence-electron chi connectivity index (χ3n) is 5.46. The summed E-state index contributed by atoms with van der Waals surface area (Å²) in [6.45, 7) is 5.34. The van der Waals surface area contributed by atoms with Crippen molar-refractivity contribution >= 4 is 38.9 Å². The number of nitrogens with zero attached hydrogens (tertiary/aromatic N) is 3. The smallest absolute Gasteiger partial charge is 0.261 e. The van der Waals surface area contributed by atoms with E-state index < -0.39 is 10.0 Å². The highest BCUT2D eigenvalue weighted by atomic mass is 32.2. The lowest BCUT2D eigenvalue weighted by Gasteiger charge is -2.28. The molecule has 0 amide bonds. The summed E-state index contributed by atoms with van der Waals surface area (Å²) < 4.78 is 28.0. The minimum absolute atomic E-state index is 0.0378. The monoisotopic (exact) mass is 465 g/mol. The average molecular weight is 466 g/mol. The molecule has 9 heteroatoms. The quantitative estimate of drug-likeness (QED) is 0.494. The molecule has 0 atom stereocenters. The zero-order chi connectivity index (χ0) is 23.4. The maximum Gasteiger partial charge on any atom is 0.261 e. The van der Waals surface area contributed by atoms with E-state index in [1.54, 1.807) is 36.4 Å². The molecule has 8 nitrogen and oxygen atoms in total. The number of aromatic nitrogens is 2. The molecular weight excluding hydrogens is 438 g/mol. The Balaban J connectivity index is 1.47. The molecule has 0 radical (unpaired) electrons. The third kappa shape index (κ3) is 5.67. The highest BCUT2D eigenvalue weighted by Crippen LogP contribution is 2.23. The SMILES string of the molecule is CC(=O)c1cccc(S(=O)(=O)Nc2ccc(Nc3nc(C)cc(N4CCCCC4)n3)cc2)c1. The molecule has 4 rings (SSSR count). The Bertz CT molecular complexity index is 1250. The first-order valence-electron chi connectivity index (χ1n) is 10.9. The second-order valence-electron chi connectivity index (χ2n) is 8.13. The van der Waals surface area contributed by atoms with Gasteiger partial charge in [-0.1, -0.05) is 12.1 Å². The van der Waals surface area contributed by atoms with Crippen molar-refractivity contribution in [3.05, 3.63) is 65.9 Å². The topological polar surface area (TPSA) is 104 Å². The van der Waals surface area contributed by atoms with E-state index >= 15 is 0 Å². The Morgan fingerprint density at radius 3 is 2.33 bits per heavy atom. The van der Waals surface area contributed by atoms with Crippen LogP contribution in [0.5, 0.6) is 0 Å². The third-order valence-corrected chi connectivity index (χ3v) is 6.84. The average Bonchev–Trinajstić information content (AvgIpc) is 2.80. The largest absolute Gasteiger partial charge is 0.356 e. The lowest BCUT2D eigenvalue weighted by molar-refractivity contribution is 0.101. The molecule has 172 valence electrons. The van der Waals surface area contributed by atoms with Gasteiger partial charge in [0.05, 0.1) is 4.90 Å². The van der Waals surface area contributed by atoms with E-state index in [1.165, 1.54) is 38.3 Å². The van der Waals surface area contributed by atoms with Crippen LogP contribution < -0.4 is 14.9 Å². The van der Waals surface area contributed by atoms with E-state index in [9.17, 15) is 13.2 Å². The van der Waals surface area contributed by atoms with Gasteiger partial charge in [-0.2, -0.15) is 4.98 Å². The number of hydrogen-bond acceptors (Lipinski definition) is 7. The second-order valence-corrected chi connectivity index (χ2v) is 9.81. The van der Waals surface area contributed by atoms with Crippen LogP contribution in [0.15, 0.2) is 59.5 Å². The number of benzene rings is 2. The molecule has 33 heavy (non-hydrogen) atoms. The number of rotatable bonds is 7. The van der Waals surface area contributed by atoms with E-state index in [-0.39, 0.29) is 10.7 Å². The number of hydrogen-bond donors (Lipinski definition) is 2. The highest BCUT2D eigenvalue weighted by Gasteiger charge is 2.16. The Morgan fingerprint density at radius 2 is 1.64 bits per heavy atom. The molecule has 1 aromatic heterocycles. The van der Waals surface area contributed by atoms with Gasteiger partial charge >= 0.3 is 0 Å². The van der Waals surface area contributed by atoms with Crippen molar-refractivity contribution in [3.8, 4) is 0 Å². The first-order chi connectivity index (χ1) is 15.8. The number of carbonyl (C=O) groups is 1. The molecule has 2 heterocycles. The van der Waals surface area contributed by atoms with Gasteiger partial charge in [-0.15, -0.1) is 0 Å². The first-order valence-corrected chi connectivity index (χ1v) is 12.4. The second kappa shape index (κ2) is 9.58. The lowest BCUT2D eigenvalue weighted by atomic mass is 10.1. The number of Topliss-reactive ketones (excluding diaryl/α,β-unsaturated/α-hetero) is 1. The van der Waals surface area contributed by atoms with Gasteiger partial charge in [-0.05, 0) is 69.5 Å². The summed E-state index contributed by atoms with van der Waals surface area (Å²) in [6.07, 6.45) is 3.59. The maximum atomic E-state index is 12.7. The summed E-state index contributed by atoms with van der Waals surface area (Å²) in [6, 6.07) is 14.8. The molecular formula is C24H27N5O3S. The molecule has 3 aromatic rings. The number of piperidine rings is 1. The van der Waals surface area contributed by atoms with Crippen molar-refractivity contribution in [1.82, 2.24) is 9.97 Å². The summed E-state index contributed by atoms with van der Waals surface area (Å²) in [7, 11) is -3.82. The van der Waals surface area contributed by atoms with Crippen molar-refractivity contribution in [1.29, 1.82) is 0 Å². The Morgan fingerprint density at radius 1 is 0.939 bits per heavy atom. The fraction of sp³-hybridized carbons (Fsp3) is 0.292. The molecule has 0 bridgehead atoms. The van der Waals surface area contributed by atoms with Crippen molar-refractivity contribution in [2.45, 2.75) is 38.0 Å². The van der Waals surface area contributed by atoms with Gasteiger partial charge in [0.1, 0.15) is 5.82 Å². The molecule has 1 aliphatic heterocycles. The summed E-state index contributed by atoms with van der Waals surface area (Å²) in [5.74, 6) is 1.23. The minimum atomic E-state index is -3.82. The maximum absolute atomic E-state index is 12.7. The first kappa shape index (κ1) is 22.7. The van der Waals surface area contributed by atoms with Crippen LogP contribution in [-0.2, 0) is 10.0 Å². The molecule has 2 N–H and O–H groups in total.